The van der Waals surface area contributed by atoms with Crippen molar-refractivity contribution in [3.63, 3.8) is 0 Å². The third-order valence-electron chi connectivity index (χ3n) is 4.03. The number of non-ortho nitro benzene ring substituents is 1. The molecule has 0 radical (unpaired) electrons. The van der Waals surface area contributed by atoms with Gasteiger partial charge in [0.2, 0.25) is 0 Å². The molecule has 8 nitrogen and oxygen atoms in total. The van der Waals surface area contributed by atoms with Crippen LogP contribution >= 0.6 is 0 Å². The van der Waals surface area contributed by atoms with E-state index in [1.807, 2.05) is 60.7 Å². The molecule has 3 atom stereocenters. The summed E-state index contributed by atoms with van der Waals surface area (Å²) in [5, 5.41) is 10.7. The van der Waals surface area contributed by atoms with Crippen molar-refractivity contribution in [3.05, 3.63) is 124 Å². The first kappa shape index (κ1) is 28.5. The average Bonchev–Trinajstić information content (AvgIpc) is 2.73. The van der Waals surface area contributed by atoms with E-state index in [0.29, 0.717) is 0 Å². The molecule has 3 rings (SSSR count). The van der Waals surface area contributed by atoms with E-state index in [-0.39, 0.29) is 44.4 Å². The van der Waals surface area contributed by atoms with Crippen LogP contribution in [0.15, 0.2) is 84.9 Å². The number of nitrogens with zero attached hydrogens (tertiary/aromatic N) is 2. The van der Waals surface area contributed by atoms with Crippen LogP contribution < -0.4 is 4.18 Å². The number of nitro benzene ring substituents is 1. The Balaban J connectivity index is 0.00000300. The number of benzene rings is 3. The van der Waals surface area contributed by atoms with E-state index in [4.69, 9.17) is 9.92 Å². The second-order valence-corrected chi connectivity index (χ2v) is 6.71. The Hall–Kier alpha value is -2.46. The van der Waals surface area contributed by atoms with Crippen LogP contribution in [0.5, 0.6) is 5.75 Å². The first-order valence-corrected chi connectivity index (χ1v) is 9.44. The van der Waals surface area contributed by atoms with Gasteiger partial charge in [0.05, 0.1) is 4.92 Å². The van der Waals surface area contributed by atoms with Gasteiger partial charge in [-0.1, -0.05) is 71.8 Å². The minimum absolute atomic E-state index is 0. The molecule has 166 valence electrons. The smallest absolute Gasteiger partial charge is 0.672 e. The van der Waals surface area contributed by atoms with Crippen molar-refractivity contribution in [1.29, 1.82) is 0 Å². The van der Waals surface area contributed by atoms with Crippen LogP contribution in [-0.4, -0.2) is 14.6 Å². The van der Waals surface area contributed by atoms with Gasteiger partial charge in [-0.3, -0.25) is 10.1 Å². The number of nitrogens with one attached hydrogen (secondary N) is 1. The maximum absolute atomic E-state index is 12.5. The van der Waals surface area contributed by atoms with Gasteiger partial charge in [0.25, 0.3) is 5.69 Å². The predicted octanol–water partition coefficient (Wildman–Crippen LogP) is 5.08. The van der Waals surface area contributed by atoms with E-state index in [0.717, 1.165) is 11.1 Å². The third-order valence-corrected chi connectivity index (χ3v) is 4.76. The normalized spacial score (nSPS) is 12.7. The fourth-order valence-electron chi connectivity index (χ4n) is 2.63. The van der Waals surface area contributed by atoms with Crippen molar-refractivity contribution in [3.8, 4) is 5.75 Å². The summed E-state index contributed by atoms with van der Waals surface area (Å²) < 4.78 is 21.9. The zero-order valence-electron chi connectivity index (χ0n) is 16.5. The second-order valence-electron chi connectivity index (χ2n) is 5.90. The van der Waals surface area contributed by atoms with Crippen LogP contribution in [0.2, 0.25) is 0 Å². The van der Waals surface area contributed by atoms with E-state index < -0.39 is 28.3 Å². The molecule has 0 spiro atoms. The summed E-state index contributed by atoms with van der Waals surface area (Å²) in [5.74, 6) is 0.195. The van der Waals surface area contributed by atoms with Crippen molar-refractivity contribution in [1.82, 2.24) is 0 Å². The number of hydrogen-bond donors (Lipinski definition) is 0. The number of nitro groups is 1. The van der Waals surface area contributed by atoms with Crippen molar-refractivity contribution < 1.29 is 38.9 Å². The largest absolute Gasteiger partial charge is 3.00 e. The van der Waals surface area contributed by atoms with Crippen LogP contribution in [0.3, 0.4) is 0 Å². The molecule has 0 aliphatic carbocycles. The van der Waals surface area contributed by atoms with Crippen LogP contribution in [-0.2, 0) is 31.4 Å². The van der Waals surface area contributed by atoms with Gasteiger partial charge in [-0.05, 0) is 12.1 Å². The molecule has 0 saturated carbocycles. The molecule has 0 fully saturated rings. The van der Waals surface area contributed by atoms with Gasteiger partial charge in [-0.25, -0.2) is 4.21 Å². The Kier molecular flexibility index (Phi) is 12.7. The Labute approximate surface area is 197 Å². The topological polar surface area (TPSA) is 139 Å². The van der Waals surface area contributed by atoms with Gasteiger partial charge in [0.1, 0.15) is 17.0 Å². The molecule has 0 aromatic heterocycles. The standard InChI is InChI=1S/C20H17N3O4S.CH3.Ir.H2O/c21-19(15-7-3-1-4-8-15)20(16-9-5-2-6-10-16)22-28(26)27-18-13-11-17(12-14-18)23(24)25;;;/h1-14,19-21H;1H3;;1H2/q-2;-1;+3;/t19-,20?,28?;;;/m1.../s1. The molecular weight excluding hydrogens is 599 g/mol. The summed E-state index contributed by atoms with van der Waals surface area (Å²) in [5.41, 5.74) is 9.99. The third kappa shape index (κ3) is 7.95. The molecule has 3 aromatic carbocycles. The summed E-state index contributed by atoms with van der Waals surface area (Å²) in [6, 6.07) is 22.1. The fraction of sp³-hybridized carbons (Fsp3) is 0.0952. The van der Waals surface area contributed by atoms with Crippen molar-refractivity contribution in [2.45, 2.75) is 12.1 Å². The maximum atomic E-state index is 12.5. The summed E-state index contributed by atoms with van der Waals surface area (Å²) in [7, 11) is 0. The first-order chi connectivity index (χ1) is 13.5. The molecule has 3 N–H and O–H groups in total. The van der Waals surface area contributed by atoms with E-state index in [2.05, 4.69) is 4.72 Å². The minimum Gasteiger partial charge on any atom is -0.672 e. The zero-order chi connectivity index (χ0) is 19.9. The number of hydrogen-bond acceptors (Lipinski definition) is 4. The molecular formula is C21H22IrN3O5S. The van der Waals surface area contributed by atoms with Crippen LogP contribution in [0.1, 0.15) is 23.2 Å². The molecule has 0 saturated heterocycles. The van der Waals surface area contributed by atoms with Gasteiger partial charge in [0, 0.05) is 12.1 Å². The van der Waals surface area contributed by atoms with Gasteiger partial charge >= 0.3 is 20.1 Å². The summed E-state index contributed by atoms with van der Waals surface area (Å²) in [6.07, 6.45) is 0. The van der Waals surface area contributed by atoms with Gasteiger partial charge in [-0.15, -0.1) is 12.1 Å². The van der Waals surface area contributed by atoms with Gasteiger partial charge in [-0.2, -0.15) is 0 Å². The molecule has 0 bridgehead atoms. The molecule has 0 aliphatic rings. The average molecular weight is 621 g/mol. The Morgan fingerprint density at radius 2 is 1.39 bits per heavy atom. The molecule has 3 aromatic rings. The van der Waals surface area contributed by atoms with Crippen molar-refractivity contribution >= 4 is 17.0 Å². The van der Waals surface area contributed by atoms with Crippen LogP contribution in [0.25, 0.3) is 10.5 Å². The summed E-state index contributed by atoms with van der Waals surface area (Å²) in [6.45, 7) is 0. The van der Waals surface area contributed by atoms with Crippen molar-refractivity contribution in [2.75, 3.05) is 0 Å². The molecule has 31 heavy (non-hydrogen) atoms. The second kappa shape index (κ2) is 13.8. The summed E-state index contributed by atoms with van der Waals surface area (Å²) in [4.78, 5) is 10.2. The first-order valence-electron chi connectivity index (χ1n) is 8.41. The number of rotatable bonds is 8. The Bertz CT molecular complexity index is 946. The molecule has 0 heterocycles. The monoisotopic (exact) mass is 621 g/mol. The molecule has 2 unspecified atom stereocenters. The zero-order valence-corrected chi connectivity index (χ0v) is 19.7. The van der Waals surface area contributed by atoms with E-state index in [1.165, 1.54) is 24.3 Å². The quantitative estimate of drug-likeness (QED) is 0.197. The van der Waals surface area contributed by atoms with Gasteiger partial charge < -0.3 is 27.5 Å². The predicted molar refractivity (Wildman–Crippen MR) is 118 cm³/mol. The van der Waals surface area contributed by atoms with Gasteiger partial charge in [0.15, 0.2) is 0 Å². The van der Waals surface area contributed by atoms with E-state index >= 15 is 0 Å². The molecule has 10 heteroatoms. The van der Waals surface area contributed by atoms with Crippen molar-refractivity contribution in [2.24, 2.45) is 0 Å². The Morgan fingerprint density at radius 1 is 0.903 bits per heavy atom. The Morgan fingerprint density at radius 3 is 1.87 bits per heavy atom. The van der Waals surface area contributed by atoms with Crippen LogP contribution in [0, 0.1) is 17.5 Å². The maximum Gasteiger partial charge on any atom is 3.00 e. The minimum atomic E-state index is -2.08. The SMILES string of the molecule is O.[CH3-].[Ir+3].[NH-][C@H](c1ccccc1)C([N-]S(=O)Oc1ccc([N+](=O)[O-])cc1)c1ccccc1. The molecule has 0 aliphatic heterocycles. The fourth-order valence-corrected chi connectivity index (χ4v) is 3.37. The summed E-state index contributed by atoms with van der Waals surface area (Å²) >= 11 is -2.08. The molecule has 0 amide bonds. The van der Waals surface area contributed by atoms with Crippen LogP contribution in [0.4, 0.5) is 5.69 Å². The van der Waals surface area contributed by atoms with E-state index in [1.54, 1.807) is 0 Å². The van der Waals surface area contributed by atoms with E-state index in [9.17, 15) is 14.3 Å².